The Morgan fingerprint density at radius 2 is 1.93 bits per heavy atom. The van der Waals surface area contributed by atoms with Gasteiger partial charge in [-0.15, -0.1) is 0 Å². The van der Waals surface area contributed by atoms with E-state index < -0.39 is 17.0 Å². The number of aliphatic hydroxyl groups excluding tert-OH is 1. The van der Waals surface area contributed by atoms with E-state index in [2.05, 4.69) is 14.7 Å². The summed E-state index contributed by atoms with van der Waals surface area (Å²) in [6.45, 7) is 2.49. The molecule has 1 saturated heterocycles. The number of hydrogen-bond acceptors (Lipinski definition) is 5. The van der Waals surface area contributed by atoms with Crippen molar-refractivity contribution in [3.63, 3.8) is 0 Å². The fraction of sp³-hybridized carbons (Fsp3) is 0.318. The van der Waals surface area contributed by atoms with E-state index in [0.29, 0.717) is 6.54 Å². The molecule has 2 N–H and O–H groups in total. The highest BCUT2D eigenvalue weighted by atomic mass is 32.2. The average molecular weight is 427 g/mol. The summed E-state index contributed by atoms with van der Waals surface area (Å²) in [5, 5.41) is 15.2. The molecule has 7 nitrogen and oxygen atoms in total. The lowest BCUT2D eigenvalue weighted by molar-refractivity contribution is 0.0476. The van der Waals surface area contributed by atoms with Crippen LogP contribution in [0, 0.1) is 0 Å². The van der Waals surface area contributed by atoms with Crippen molar-refractivity contribution < 1.29 is 13.5 Å². The normalized spacial score (nSPS) is 19.9. The first-order valence-corrected chi connectivity index (χ1v) is 11.2. The van der Waals surface area contributed by atoms with Gasteiger partial charge in [-0.2, -0.15) is 5.10 Å². The van der Waals surface area contributed by atoms with Crippen molar-refractivity contribution in [2.24, 2.45) is 0 Å². The van der Waals surface area contributed by atoms with Gasteiger partial charge in [-0.3, -0.25) is 4.90 Å². The Balaban J connectivity index is 1.37. The predicted octanol–water partition coefficient (Wildman–Crippen LogP) is 1.84. The van der Waals surface area contributed by atoms with Crippen molar-refractivity contribution in [3.05, 3.63) is 83.7 Å². The molecule has 0 radical (unpaired) electrons. The van der Waals surface area contributed by atoms with Crippen molar-refractivity contribution in [2.75, 3.05) is 13.1 Å². The Morgan fingerprint density at radius 1 is 1.10 bits per heavy atom. The number of piperidine rings is 1. The molecule has 1 aliphatic heterocycles. The lowest BCUT2D eigenvalue weighted by Gasteiger charge is -2.36. The molecule has 1 aliphatic rings. The number of thiol groups is 1. The van der Waals surface area contributed by atoms with Crippen molar-refractivity contribution in [1.29, 1.82) is 0 Å². The molecular weight excluding hydrogens is 400 g/mol. The third-order valence-corrected chi connectivity index (χ3v) is 5.94. The van der Waals surface area contributed by atoms with Crippen LogP contribution in [0.5, 0.6) is 0 Å². The maximum Gasteiger partial charge on any atom is 0.201 e. The van der Waals surface area contributed by atoms with E-state index in [1.54, 1.807) is 0 Å². The number of nitrogens with one attached hydrogen (secondary N) is 1. The molecule has 2 aromatic carbocycles. The highest BCUT2D eigenvalue weighted by molar-refractivity contribution is 7.70. The first-order chi connectivity index (χ1) is 14.6. The molecule has 0 saturated carbocycles. The lowest BCUT2D eigenvalue weighted by atomic mass is 9.86. The summed E-state index contributed by atoms with van der Waals surface area (Å²) in [6, 6.07) is 17.8. The quantitative estimate of drug-likeness (QED) is 0.502. The molecule has 2 heterocycles. The number of β-amino-alcohol motifs (C(OH)–C–C–N with tert-alkyl or cyclic N) is 1. The second kappa shape index (κ2) is 9.53. The van der Waals surface area contributed by atoms with Gasteiger partial charge < -0.3 is 5.11 Å². The van der Waals surface area contributed by atoms with E-state index in [1.165, 1.54) is 0 Å². The molecule has 0 unspecified atom stereocenters. The summed E-state index contributed by atoms with van der Waals surface area (Å²) >= 11 is 0. The molecule has 158 valence electrons. The van der Waals surface area contributed by atoms with E-state index >= 15 is 0 Å². The minimum atomic E-state index is -2.61. The van der Waals surface area contributed by atoms with Gasteiger partial charge in [-0.1, -0.05) is 42.5 Å². The molecular formula is C22H26N4O3S. The van der Waals surface area contributed by atoms with Crippen molar-refractivity contribution in [3.8, 4) is 5.69 Å². The van der Waals surface area contributed by atoms with Crippen LogP contribution in [0.3, 0.4) is 0 Å². The highest BCUT2D eigenvalue weighted by Crippen LogP contribution is 2.29. The number of aliphatic hydroxyl groups is 1. The van der Waals surface area contributed by atoms with Crippen molar-refractivity contribution in [2.45, 2.75) is 31.5 Å². The minimum Gasteiger partial charge on any atom is -0.391 e. The third-order valence-electron chi connectivity index (χ3n) is 5.52. The molecule has 1 aromatic heterocycles. The van der Waals surface area contributed by atoms with Gasteiger partial charge in [-0.25, -0.2) is 17.8 Å². The van der Waals surface area contributed by atoms with Gasteiger partial charge in [-0.05, 0) is 36.2 Å². The Labute approximate surface area is 178 Å². The molecule has 0 amide bonds. The zero-order chi connectivity index (χ0) is 20.9. The van der Waals surface area contributed by atoms with E-state index in [4.69, 9.17) is 0 Å². The highest BCUT2D eigenvalue weighted by Gasteiger charge is 2.29. The largest absolute Gasteiger partial charge is 0.391 e. The summed E-state index contributed by atoms with van der Waals surface area (Å²) in [4.78, 5) is 2.25. The summed E-state index contributed by atoms with van der Waals surface area (Å²) in [7, 11) is -2.61. The number of hydrogen-bond donors (Lipinski definition) is 3. The van der Waals surface area contributed by atoms with Crippen LogP contribution in [0.4, 0.5) is 0 Å². The van der Waals surface area contributed by atoms with Gasteiger partial charge in [0.25, 0.3) is 0 Å². The van der Waals surface area contributed by atoms with Gasteiger partial charge in [0, 0.05) is 37.3 Å². The summed E-state index contributed by atoms with van der Waals surface area (Å²) in [6.07, 6.45) is 4.29. The molecule has 0 bridgehead atoms. The summed E-state index contributed by atoms with van der Waals surface area (Å²) < 4.78 is 25.8. The standard InChI is InChI=1S/C22H26N4O3S/c27-22-16-25(14-18-12-23-26(15-18)20-7-2-1-3-8-20)10-9-21(22)19-6-4-5-17(11-19)13-24-30(28)29/h1-8,11-12,15,21-22,27,30H,9-10,13-14,16H2,(H,24,28,29)/t21-,22-/m0/s1. The summed E-state index contributed by atoms with van der Waals surface area (Å²) in [5.41, 5.74) is 4.09. The SMILES string of the molecule is O=[SH](=O)NCc1cccc([C@@H]2CCN(Cc3cnn(-c4ccccc4)c3)C[C@@H]2O)c1. The maximum atomic E-state index is 10.8. The topological polar surface area (TPSA) is 87.5 Å². The van der Waals surface area contributed by atoms with Crippen LogP contribution in [0.2, 0.25) is 0 Å². The van der Waals surface area contributed by atoms with Crippen LogP contribution in [0.15, 0.2) is 67.0 Å². The molecule has 1 fully saturated rings. The van der Waals surface area contributed by atoms with Crippen LogP contribution in [-0.2, 0) is 24.0 Å². The van der Waals surface area contributed by atoms with Gasteiger partial charge in [0.2, 0.25) is 10.9 Å². The van der Waals surface area contributed by atoms with Crippen LogP contribution < -0.4 is 4.72 Å². The second-order valence-corrected chi connectivity index (χ2v) is 8.49. The van der Waals surface area contributed by atoms with Gasteiger partial charge in [0.05, 0.1) is 18.0 Å². The number of likely N-dealkylation sites (tertiary alicyclic amines) is 1. The van der Waals surface area contributed by atoms with Gasteiger partial charge in [0.1, 0.15) is 0 Å². The predicted molar refractivity (Wildman–Crippen MR) is 116 cm³/mol. The van der Waals surface area contributed by atoms with E-state index in [-0.39, 0.29) is 12.5 Å². The smallest absolute Gasteiger partial charge is 0.201 e. The third kappa shape index (κ3) is 5.14. The molecule has 0 spiro atoms. The number of nitrogens with zero attached hydrogens (tertiary/aromatic N) is 3. The Hall–Kier alpha value is -2.52. The average Bonchev–Trinajstić information content (AvgIpc) is 3.22. The molecule has 30 heavy (non-hydrogen) atoms. The molecule has 0 aliphatic carbocycles. The van der Waals surface area contributed by atoms with Crippen molar-refractivity contribution >= 4 is 10.9 Å². The number of para-hydroxylation sites is 1. The second-order valence-electron chi connectivity index (χ2n) is 7.66. The lowest BCUT2D eigenvalue weighted by Crippen LogP contribution is -2.42. The van der Waals surface area contributed by atoms with Crippen LogP contribution in [0.25, 0.3) is 5.69 Å². The van der Waals surface area contributed by atoms with Crippen molar-refractivity contribution in [1.82, 2.24) is 19.4 Å². The first kappa shape index (κ1) is 20.7. The van der Waals surface area contributed by atoms with E-state index in [9.17, 15) is 13.5 Å². The number of aromatic nitrogens is 2. The minimum absolute atomic E-state index is 0.0502. The summed E-state index contributed by atoms with van der Waals surface area (Å²) in [5.74, 6) is 0.0502. The molecule has 3 aromatic rings. The fourth-order valence-corrected chi connectivity index (χ4v) is 4.35. The monoisotopic (exact) mass is 426 g/mol. The maximum absolute atomic E-state index is 10.8. The fourth-order valence-electron chi connectivity index (χ4n) is 4.04. The molecule has 2 atom stereocenters. The van der Waals surface area contributed by atoms with E-state index in [1.807, 2.05) is 71.7 Å². The number of benzene rings is 2. The first-order valence-electron chi connectivity index (χ1n) is 10.0. The Bertz CT molecular complexity index is 1040. The Kier molecular flexibility index (Phi) is 6.59. The van der Waals surface area contributed by atoms with Crippen LogP contribution in [0.1, 0.15) is 29.0 Å². The van der Waals surface area contributed by atoms with Crippen LogP contribution in [-0.4, -0.2) is 47.4 Å². The number of rotatable bonds is 7. The molecule has 4 rings (SSSR count). The van der Waals surface area contributed by atoms with Gasteiger partial charge in [0.15, 0.2) is 0 Å². The van der Waals surface area contributed by atoms with Crippen LogP contribution >= 0.6 is 0 Å². The Morgan fingerprint density at radius 3 is 2.70 bits per heavy atom. The van der Waals surface area contributed by atoms with Gasteiger partial charge >= 0.3 is 0 Å². The van der Waals surface area contributed by atoms with E-state index in [0.717, 1.165) is 41.9 Å². The zero-order valence-corrected chi connectivity index (χ0v) is 17.5. The zero-order valence-electron chi connectivity index (χ0n) is 16.6. The molecule has 8 heteroatoms.